The summed E-state index contributed by atoms with van der Waals surface area (Å²) in [5.74, 6) is 0. The van der Waals surface area contributed by atoms with Crippen LogP contribution < -0.4 is 5.73 Å². The average molecular weight is 85.2 g/mol. The SMILES string of the molecule is C=C(C)C(C)N. The van der Waals surface area contributed by atoms with E-state index in [0.717, 1.165) is 5.57 Å². The lowest BCUT2D eigenvalue weighted by Crippen LogP contribution is -2.14. The predicted molar refractivity (Wildman–Crippen MR) is 28.5 cm³/mol. The second kappa shape index (κ2) is 1.98. The van der Waals surface area contributed by atoms with Crippen molar-refractivity contribution in [3.63, 3.8) is 0 Å². The monoisotopic (exact) mass is 85.1 g/mol. The van der Waals surface area contributed by atoms with Gasteiger partial charge in [0.1, 0.15) is 0 Å². The Morgan fingerprint density at radius 3 is 2.00 bits per heavy atom. The van der Waals surface area contributed by atoms with Crippen molar-refractivity contribution in [1.29, 1.82) is 0 Å². The zero-order chi connectivity index (χ0) is 5.15. The highest BCUT2D eigenvalue weighted by Gasteiger charge is 1.87. The molecule has 1 nitrogen and oxygen atoms in total. The molecule has 0 spiro atoms. The highest BCUT2D eigenvalue weighted by molar-refractivity contribution is 4.96. The minimum Gasteiger partial charge on any atom is -0.324 e. The molecule has 0 aromatic heterocycles. The first kappa shape index (κ1) is 5.70. The van der Waals surface area contributed by atoms with Crippen LogP contribution in [0, 0.1) is 0 Å². The summed E-state index contributed by atoms with van der Waals surface area (Å²) in [6.45, 7) is 7.47. The fraction of sp³-hybridized carbons (Fsp3) is 0.600. The normalized spacial score (nSPS) is 13.8. The Morgan fingerprint density at radius 1 is 1.83 bits per heavy atom. The molecule has 0 fully saturated rings. The lowest BCUT2D eigenvalue weighted by molar-refractivity contribution is 0.865. The average Bonchev–Trinajstić information content (AvgIpc) is 1.36. The van der Waals surface area contributed by atoms with Gasteiger partial charge in [-0.15, -0.1) is 0 Å². The topological polar surface area (TPSA) is 26.0 Å². The summed E-state index contributed by atoms with van der Waals surface area (Å²) < 4.78 is 0. The Labute approximate surface area is 38.8 Å². The zero-order valence-electron chi connectivity index (χ0n) is 4.36. The van der Waals surface area contributed by atoms with Gasteiger partial charge in [-0.3, -0.25) is 0 Å². The Bertz CT molecular complexity index is 55.0. The molecule has 0 radical (unpaired) electrons. The summed E-state index contributed by atoms with van der Waals surface area (Å²) in [7, 11) is 0. The summed E-state index contributed by atoms with van der Waals surface area (Å²) in [4.78, 5) is 0. The Kier molecular flexibility index (Phi) is 1.88. The summed E-state index contributed by atoms with van der Waals surface area (Å²) in [6, 6.07) is 0.157. The van der Waals surface area contributed by atoms with E-state index in [4.69, 9.17) is 5.73 Å². The van der Waals surface area contributed by atoms with Crippen LogP contribution in [0.3, 0.4) is 0 Å². The quantitative estimate of drug-likeness (QED) is 0.470. The van der Waals surface area contributed by atoms with E-state index in [-0.39, 0.29) is 6.04 Å². The minimum absolute atomic E-state index is 0.157. The van der Waals surface area contributed by atoms with E-state index in [2.05, 4.69) is 6.58 Å². The highest BCUT2D eigenvalue weighted by Crippen LogP contribution is 1.88. The molecular formula is C5H11N. The molecule has 0 heterocycles. The maximum atomic E-state index is 5.34. The van der Waals surface area contributed by atoms with E-state index in [9.17, 15) is 0 Å². The molecule has 0 saturated heterocycles. The lowest BCUT2D eigenvalue weighted by atomic mass is 10.2. The highest BCUT2D eigenvalue weighted by atomic mass is 14.6. The molecule has 0 aromatic rings. The van der Waals surface area contributed by atoms with Crippen LogP contribution >= 0.6 is 0 Å². The van der Waals surface area contributed by atoms with Crippen LogP contribution in [-0.2, 0) is 0 Å². The van der Waals surface area contributed by atoms with Crippen molar-refractivity contribution in [2.45, 2.75) is 19.9 Å². The fourth-order valence-corrected chi connectivity index (χ4v) is 0. The smallest absolute Gasteiger partial charge is 0.0219 e. The first-order valence-corrected chi connectivity index (χ1v) is 2.05. The zero-order valence-corrected chi connectivity index (χ0v) is 4.36. The van der Waals surface area contributed by atoms with E-state index in [0.29, 0.717) is 0 Å². The van der Waals surface area contributed by atoms with Crippen molar-refractivity contribution in [1.82, 2.24) is 0 Å². The van der Waals surface area contributed by atoms with Gasteiger partial charge in [0.05, 0.1) is 0 Å². The molecule has 0 amide bonds. The summed E-state index contributed by atoms with van der Waals surface area (Å²) in [5, 5.41) is 0. The van der Waals surface area contributed by atoms with Gasteiger partial charge >= 0.3 is 0 Å². The van der Waals surface area contributed by atoms with Crippen LogP contribution in [0.2, 0.25) is 0 Å². The molecule has 1 unspecified atom stereocenters. The number of hydrogen-bond acceptors (Lipinski definition) is 1. The molecule has 0 aliphatic rings. The van der Waals surface area contributed by atoms with E-state index in [1.165, 1.54) is 0 Å². The standard InChI is InChI=1S/C5H11N/c1-4(2)5(3)6/h5H,1,6H2,2-3H3. The van der Waals surface area contributed by atoms with E-state index >= 15 is 0 Å². The van der Waals surface area contributed by atoms with E-state index in [1.54, 1.807) is 0 Å². The molecule has 0 aliphatic carbocycles. The van der Waals surface area contributed by atoms with Crippen LogP contribution in [0.4, 0.5) is 0 Å². The van der Waals surface area contributed by atoms with Gasteiger partial charge in [0.2, 0.25) is 0 Å². The number of rotatable bonds is 1. The summed E-state index contributed by atoms with van der Waals surface area (Å²) in [6.07, 6.45) is 0. The Morgan fingerprint density at radius 2 is 2.00 bits per heavy atom. The van der Waals surface area contributed by atoms with Gasteiger partial charge in [-0.2, -0.15) is 0 Å². The molecule has 36 valence electrons. The number of nitrogens with two attached hydrogens (primary N) is 1. The molecule has 0 rings (SSSR count). The van der Waals surface area contributed by atoms with Gasteiger partial charge < -0.3 is 5.73 Å². The second-order valence-corrected chi connectivity index (χ2v) is 1.64. The molecule has 0 saturated carbocycles. The van der Waals surface area contributed by atoms with Crippen LogP contribution in [0.1, 0.15) is 13.8 Å². The maximum absolute atomic E-state index is 5.34. The largest absolute Gasteiger partial charge is 0.324 e. The van der Waals surface area contributed by atoms with Crippen molar-refractivity contribution in [2.75, 3.05) is 0 Å². The lowest BCUT2D eigenvalue weighted by Gasteiger charge is -1.98. The van der Waals surface area contributed by atoms with Gasteiger partial charge in [0.25, 0.3) is 0 Å². The molecule has 6 heavy (non-hydrogen) atoms. The van der Waals surface area contributed by atoms with Crippen LogP contribution in [0.15, 0.2) is 12.2 Å². The minimum atomic E-state index is 0.157. The third-order valence-electron chi connectivity index (χ3n) is 0.777. The fourth-order valence-electron chi connectivity index (χ4n) is 0. The Balaban J connectivity index is 3.26. The van der Waals surface area contributed by atoms with Gasteiger partial charge in [-0.1, -0.05) is 12.2 Å². The van der Waals surface area contributed by atoms with Crippen molar-refractivity contribution < 1.29 is 0 Å². The van der Waals surface area contributed by atoms with Crippen molar-refractivity contribution >= 4 is 0 Å². The predicted octanol–water partition coefficient (Wildman–Crippen LogP) is 0.910. The van der Waals surface area contributed by atoms with Crippen molar-refractivity contribution in [3.8, 4) is 0 Å². The number of hydrogen-bond donors (Lipinski definition) is 1. The molecule has 2 N–H and O–H groups in total. The second-order valence-electron chi connectivity index (χ2n) is 1.64. The molecular weight excluding hydrogens is 74.1 g/mol. The van der Waals surface area contributed by atoms with Crippen LogP contribution in [-0.4, -0.2) is 6.04 Å². The molecule has 1 atom stereocenters. The first-order valence-electron chi connectivity index (χ1n) is 2.05. The molecule has 1 heteroatoms. The molecule has 0 bridgehead atoms. The summed E-state index contributed by atoms with van der Waals surface area (Å²) >= 11 is 0. The van der Waals surface area contributed by atoms with Crippen molar-refractivity contribution in [3.05, 3.63) is 12.2 Å². The summed E-state index contributed by atoms with van der Waals surface area (Å²) in [5.41, 5.74) is 6.37. The van der Waals surface area contributed by atoms with Gasteiger partial charge in [-0.25, -0.2) is 0 Å². The van der Waals surface area contributed by atoms with E-state index < -0.39 is 0 Å². The maximum Gasteiger partial charge on any atom is 0.0219 e. The van der Waals surface area contributed by atoms with Gasteiger partial charge in [0, 0.05) is 6.04 Å². The van der Waals surface area contributed by atoms with Crippen molar-refractivity contribution in [2.24, 2.45) is 5.73 Å². The van der Waals surface area contributed by atoms with Gasteiger partial charge in [-0.05, 0) is 13.8 Å². The molecule has 0 aromatic carbocycles. The first-order chi connectivity index (χ1) is 2.64. The Hall–Kier alpha value is -0.300. The van der Waals surface area contributed by atoms with Crippen LogP contribution in [0.25, 0.3) is 0 Å². The van der Waals surface area contributed by atoms with E-state index in [1.807, 2.05) is 13.8 Å². The third-order valence-corrected chi connectivity index (χ3v) is 0.777. The molecule has 0 aliphatic heterocycles. The third kappa shape index (κ3) is 1.97. The van der Waals surface area contributed by atoms with Crippen LogP contribution in [0.5, 0.6) is 0 Å². The van der Waals surface area contributed by atoms with Gasteiger partial charge in [0.15, 0.2) is 0 Å².